The van der Waals surface area contributed by atoms with Gasteiger partial charge in [0, 0.05) is 22.8 Å². The lowest BCUT2D eigenvalue weighted by Gasteiger charge is -2.17. The maximum absolute atomic E-state index is 14.8. The van der Waals surface area contributed by atoms with Crippen molar-refractivity contribution in [1.29, 1.82) is 0 Å². The van der Waals surface area contributed by atoms with Gasteiger partial charge in [0.15, 0.2) is 0 Å². The van der Waals surface area contributed by atoms with Crippen molar-refractivity contribution in [3.63, 3.8) is 0 Å². The number of phenols is 1. The summed E-state index contributed by atoms with van der Waals surface area (Å²) in [6.45, 7) is -0.410. The van der Waals surface area contributed by atoms with Gasteiger partial charge in [-0.1, -0.05) is 0 Å². The first kappa shape index (κ1) is 25.9. The van der Waals surface area contributed by atoms with Gasteiger partial charge in [-0.25, -0.2) is 17.2 Å². The molecule has 7 nitrogen and oxygen atoms in total. The standard InChI is InChI=1S/C22H14F5IN2O5S/c23-14-9-15(24)17-8-12(14)13-7-11(22(25,26)27)1-2-18(13)35-4-3-29-21(32)10-5-16(28)20(31)19(6-10)36(33,34)30-17/h1-2,5-9,30-31H,3-4H2,(H,29,32). The van der Waals surface area contributed by atoms with Crippen LogP contribution >= 0.6 is 22.6 Å². The molecule has 0 radical (unpaired) electrons. The number of benzene rings is 3. The quantitative estimate of drug-likeness (QED) is 0.240. The van der Waals surface area contributed by atoms with Crippen LogP contribution in [0.3, 0.4) is 0 Å². The van der Waals surface area contributed by atoms with Crippen molar-refractivity contribution >= 4 is 44.2 Å². The number of sulfonamides is 1. The van der Waals surface area contributed by atoms with Crippen LogP contribution in [-0.2, 0) is 16.2 Å². The topological polar surface area (TPSA) is 105 Å². The fraction of sp³-hybridized carbons (Fsp3) is 0.136. The number of carbonyl (C=O) groups is 1. The third-order valence-corrected chi connectivity index (χ3v) is 7.32. The lowest BCUT2D eigenvalue weighted by Crippen LogP contribution is -2.28. The molecular weight excluding hydrogens is 626 g/mol. The zero-order valence-electron chi connectivity index (χ0n) is 17.7. The predicted molar refractivity (Wildman–Crippen MR) is 126 cm³/mol. The molecule has 0 fully saturated rings. The van der Waals surface area contributed by atoms with Crippen LogP contribution < -0.4 is 14.8 Å². The molecule has 4 bridgehead atoms. The van der Waals surface area contributed by atoms with Crippen LogP contribution in [0.1, 0.15) is 15.9 Å². The lowest BCUT2D eigenvalue weighted by molar-refractivity contribution is -0.137. The Balaban J connectivity index is 1.96. The number of aromatic hydroxyl groups is 1. The molecule has 4 rings (SSSR count). The van der Waals surface area contributed by atoms with Gasteiger partial charge in [0.25, 0.3) is 15.9 Å². The van der Waals surface area contributed by atoms with E-state index < -0.39 is 66.8 Å². The van der Waals surface area contributed by atoms with Crippen molar-refractivity contribution in [3.8, 4) is 22.6 Å². The molecule has 14 heteroatoms. The number of nitrogens with one attached hydrogen (secondary N) is 2. The molecular formula is C22H14F5IN2O5S. The molecule has 0 saturated carbocycles. The maximum Gasteiger partial charge on any atom is 0.416 e. The smallest absolute Gasteiger partial charge is 0.416 e. The van der Waals surface area contributed by atoms with Gasteiger partial charge in [-0.3, -0.25) is 9.52 Å². The van der Waals surface area contributed by atoms with E-state index in [1.807, 2.05) is 4.72 Å². The summed E-state index contributed by atoms with van der Waals surface area (Å²) >= 11 is 1.60. The van der Waals surface area contributed by atoms with E-state index >= 15 is 0 Å². The minimum Gasteiger partial charge on any atom is -0.505 e. The van der Waals surface area contributed by atoms with Crippen molar-refractivity contribution in [2.24, 2.45) is 0 Å². The number of fused-ring (bicyclic) bond motifs is 6. The Morgan fingerprint density at radius 3 is 2.42 bits per heavy atom. The second kappa shape index (κ2) is 9.38. The molecule has 0 atom stereocenters. The summed E-state index contributed by atoms with van der Waals surface area (Å²) in [5.41, 5.74) is -3.13. The van der Waals surface area contributed by atoms with E-state index in [1.165, 1.54) is 6.07 Å². The van der Waals surface area contributed by atoms with E-state index in [0.29, 0.717) is 24.3 Å². The SMILES string of the molecule is O=C1NCCOc2ccc(C(F)(F)F)cc2-c2cc(c(F)cc2F)NS(=O)(=O)c2cc1cc(I)c2O. The highest BCUT2D eigenvalue weighted by Gasteiger charge is 2.32. The zero-order chi connectivity index (χ0) is 26.4. The van der Waals surface area contributed by atoms with E-state index in [1.54, 1.807) is 22.6 Å². The number of ether oxygens (including phenoxy) is 1. The molecule has 1 amide bonds. The second-order valence-electron chi connectivity index (χ2n) is 7.54. The number of phenolic OH excluding ortho intramolecular Hbond substituents is 1. The lowest BCUT2D eigenvalue weighted by atomic mass is 10.00. The summed E-state index contributed by atoms with van der Waals surface area (Å²) in [6.07, 6.45) is -4.81. The highest BCUT2D eigenvalue weighted by Crippen LogP contribution is 2.40. The van der Waals surface area contributed by atoms with Crippen molar-refractivity contribution in [2.75, 3.05) is 17.9 Å². The number of hydrogen-bond acceptors (Lipinski definition) is 5. The largest absolute Gasteiger partial charge is 0.505 e. The van der Waals surface area contributed by atoms with Gasteiger partial charge in [-0.05, 0) is 59.0 Å². The van der Waals surface area contributed by atoms with E-state index in [0.717, 1.165) is 12.1 Å². The van der Waals surface area contributed by atoms with Crippen LogP contribution in [0.25, 0.3) is 11.1 Å². The van der Waals surface area contributed by atoms with Crippen LogP contribution in [0.2, 0.25) is 0 Å². The van der Waals surface area contributed by atoms with Crippen molar-refractivity contribution < 1.29 is 45.0 Å². The number of amides is 1. The Bertz CT molecular complexity index is 1500. The number of hydrogen-bond donors (Lipinski definition) is 3. The van der Waals surface area contributed by atoms with Gasteiger partial charge in [-0.15, -0.1) is 0 Å². The van der Waals surface area contributed by atoms with Crippen LogP contribution in [0.4, 0.5) is 27.6 Å². The van der Waals surface area contributed by atoms with Gasteiger partial charge in [0.1, 0.15) is 34.6 Å². The number of halogens is 6. The van der Waals surface area contributed by atoms with E-state index in [9.17, 15) is 40.3 Å². The molecule has 0 aromatic heterocycles. The molecule has 1 aliphatic rings. The highest BCUT2D eigenvalue weighted by atomic mass is 127. The van der Waals surface area contributed by atoms with Crippen LogP contribution in [0, 0.1) is 15.2 Å². The number of alkyl halides is 3. The Morgan fingerprint density at radius 2 is 1.72 bits per heavy atom. The third kappa shape index (κ3) is 5.04. The molecule has 36 heavy (non-hydrogen) atoms. The van der Waals surface area contributed by atoms with Gasteiger partial charge >= 0.3 is 6.18 Å². The Hall–Kier alpha value is -3.14. The minimum atomic E-state index is -4.81. The van der Waals surface area contributed by atoms with Gasteiger partial charge in [-0.2, -0.15) is 13.2 Å². The Morgan fingerprint density at radius 1 is 1.00 bits per heavy atom. The number of anilines is 1. The first-order chi connectivity index (χ1) is 16.8. The average molecular weight is 640 g/mol. The molecule has 0 unspecified atom stereocenters. The normalized spacial score (nSPS) is 15.4. The fourth-order valence-electron chi connectivity index (χ4n) is 3.41. The summed E-state index contributed by atoms with van der Waals surface area (Å²) in [6, 6.07) is 5.29. The Kier molecular flexibility index (Phi) is 6.76. The van der Waals surface area contributed by atoms with Crippen molar-refractivity contribution in [2.45, 2.75) is 11.1 Å². The highest BCUT2D eigenvalue weighted by molar-refractivity contribution is 14.1. The summed E-state index contributed by atoms with van der Waals surface area (Å²) in [5.74, 6) is -4.35. The molecule has 0 saturated heterocycles. The molecule has 3 aromatic rings. The van der Waals surface area contributed by atoms with E-state index in [-0.39, 0.29) is 28.0 Å². The molecule has 0 spiro atoms. The van der Waals surface area contributed by atoms with Gasteiger partial charge in [0.05, 0.1) is 21.4 Å². The molecule has 1 heterocycles. The summed E-state index contributed by atoms with van der Waals surface area (Å²) in [7, 11) is -4.76. The van der Waals surface area contributed by atoms with Crippen LogP contribution in [0.5, 0.6) is 11.5 Å². The second-order valence-corrected chi connectivity index (χ2v) is 10.3. The molecule has 3 N–H and O–H groups in total. The predicted octanol–water partition coefficient (Wildman–Crippen LogP) is 4.88. The average Bonchev–Trinajstić information content (AvgIpc) is 2.79. The minimum absolute atomic E-state index is 0.00598. The number of carbonyl (C=O) groups excluding carboxylic acids is 1. The van der Waals surface area contributed by atoms with Crippen molar-refractivity contribution in [3.05, 3.63) is 68.8 Å². The van der Waals surface area contributed by atoms with Gasteiger partial charge < -0.3 is 15.2 Å². The van der Waals surface area contributed by atoms with Gasteiger partial charge in [0.2, 0.25) is 0 Å². The first-order valence-corrected chi connectivity index (χ1v) is 12.5. The summed E-state index contributed by atoms with van der Waals surface area (Å²) in [4.78, 5) is 11.8. The molecule has 0 aliphatic carbocycles. The monoisotopic (exact) mass is 640 g/mol. The zero-order valence-corrected chi connectivity index (χ0v) is 20.7. The van der Waals surface area contributed by atoms with E-state index in [2.05, 4.69) is 5.32 Å². The molecule has 190 valence electrons. The molecule has 1 aliphatic heterocycles. The number of rotatable bonds is 0. The maximum atomic E-state index is 14.8. The van der Waals surface area contributed by atoms with Crippen LogP contribution in [0.15, 0.2) is 47.4 Å². The van der Waals surface area contributed by atoms with E-state index in [4.69, 9.17) is 4.74 Å². The summed E-state index contributed by atoms with van der Waals surface area (Å²) < 4.78 is 103. The fourth-order valence-corrected chi connectivity index (χ4v) is 5.42. The summed E-state index contributed by atoms with van der Waals surface area (Å²) in [5, 5.41) is 12.8. The van der Waals surface area contributed by atoms with Crippen molar-refractivity contribution in [1.82, 2.24) is 5.32 Å². The first-order valence-electron chi connectivity index (χ1n) is 9.95. The molecule has 3 aromatic carbocycles. The van der Waals surface area contributed by atoms with Crippen LogP contribution in [-0.4, -0.2) is 32.6 Å². The Labute approximate surface area is 214 Å². The third-order valence-electron chi connectivity index (χ3n) is 5.12.